The fourth-order valence-electron chi connectivity index (χ4n) is 4.26. The quantitative estimate of drug-likeness (QED) is 0.338. The summed E-state index contributed by atoms with van der Waals surface area (Å²) >= 11 is 3.16. The fourth-order valence-corrected chi connectivity index (χ4v) is 4.59. The van der Waals surface area contributed by atoms with Crippen LogP contribution in [0.1, 0.15) is 45.2 Å². The molecule has 0 radical (unpaired) electrons. The van der Waals surface area contributed by atoms with Gasteiger partial charge in [0.15, 0.2) is 0 Å². The van der Waals surface area contributed by atoms with Crippen molar-refractivity contribution in [2.24, 2.45) is 0 Å². The molecule has 0 bridgehead atoms. The molecule has 0 spiro atoms. The maximum Gasteiger partial charge on any atom is 0.408 e. The van der Waals surface area contributed by atoms with Crippen LogP contribution in [0.15, 0.2) is 71.2 Å². The van der Waals surface area contributed by atoms with E-state index in [9.17, 15) is 14.0 Å². The van der Waals surface area contributed by atoms with Crippen molar-refractivity contribution in [3.63, 3.8) is 0 Å². The lowest BCUT2D eigenvalue weighted by Gasteiger charge is -2.27. The average Bonchev–Trinajstić information content (AvgIpc) is 2.89. The van der Waals surface area contributed by atoms with Gasteiger partial charge in [0.2, 0.25) is 5.91 Å². The number of halogens is 3. The van der Waals surface area contributed by atoms with E-state index < -0.39 is 35.1 Å². The Morgan fingerprint density at radius 2 is 1.74 bits per heavy atom. The van der Waals surface area contributed by atoms with Crippen molar-refractivity contribution in [1.29, 1.82) is 0 Å². The number of nitrogens with one attached hydrogen (secondary N) is 1. The summed E-state index contributed by atoms with van der Waals surface area (Å²) in [6, 6.07) is 17.7. The number of para-hydroxylation sites is 1. The predicted octanol–water partition coefficient (Wildman–Crippen LogP) is 7.40. The second-order valence-corrected chi connectivity index (χ2v) is 11.2. The lowest BCUT2D eigenvalue weighted by molar-refractivity contribution is -0.121. The molecule has 9 heteroatoms. The third kappa shape index (κ3) is 6.51. The van der Waals surface area contributed by atoms with E-state index in [1.165, 1.54) is 17.9 Å². The molecule has 3 aromatic carbocycles. The number of rotatable bonds is 5. The van der Waals surface area contributed by atoms with Gasteiger partial charge in [-0.3, -0.25) is 4.79 Å². The normalized spacial score (nSPS) is 19.4. The summed E-state index contributed by atoms with van der Waals surface area (Å²) in [5, 5.41) is 2.52. The second-order valence-electron chi connectivity index (χ2n) is 10.4. The Balaban J connectivity index is 1.66. The summed E-state index contributed by atoms with van der Waals surface area (Å²) in [5.41, 5.74) is -1.97. The fraction of sp³-hybridized carbons (Fsp3) is 0.310. The van der Waals surface area contributed by atoms with E-state index in [-0.39, 0.29) is 28.7 Å². The number of fused-ring (bicyclic) bond motifs is 1. The van der Waals surface area contributed by atoms with Crippen LogP contribution in [0, 0.1) is 5.82 Å². The molecule has 38 heavy (non-hydrogen) atoms. The van der Waals surface area contributed by atoms with Gasteiger partial charge in [-0.15, -0.1) is 0 Å². The first kappa shape index (κ1) is 27.6. The van der Waals surface area contributed by atoms with Gasteiger partial charge in [0.05, 0.1) is 16.7 Å². The Bertz CT molecular complexity index is 1320. The van der Waals surface area contributed by atoms with Gasteiger partial charge in [-0.2, -0.15) is 0 Å². The maximum absolute atomic E-state index is 16.0. The van der Waals surface area contributed by atoms with Gasteiger partial charge in [0.1, 0.15) is 34.6 Å². The van der Waals surface area contributed by atoms with Crippen molar-refractivity contribution < 1.29 is 27.8 Å². The molecule has 0 saturated heterocycles. The number of carbonyl (C=O) groups excluding carboxylic acids is 2. The highest BCUT2D eigenvalue weighted by molar-refractivity contribution is 9.10. The number of alkyl carbamates (subject to hydrolysis) is 1. The first-order chi connectivity index (χ1) is 17.8. The van der Waals surface area contributed by atoms with E-state index in [1.807, 2.05) is 30.3 Å². The minimum atomic E-state index is -2.12. The van der Waals surface area contributed by atoms with Crippen LogP contribution in [0.25, 0.3) is 0 Å². The van der Waals surface area contributed by atoms with Gasteiger partial charge in [-0.25, -0.2) is 13.6 Å². The second kappa shape index (κ2) is 10.7. The summed E-state index contributed by atoms with van der Waals surface area (Å²) < 4.78 is 41.8. The molecule has 0 aromatic heterocycles. The number of carbonyl (C=O) groups is 2. The lowest BCUT2D eigenvalue weighted by Crippen LogP contribution is -2.50. The Hall–Kier alpha value is -3.46. The molecule has 2 atom stereocenters. The monoisotopic (exact) mass is 586 g/mol. The van der Waals surface area contributed by atoms with Gasteiger partial charge in [0.25, 0.3) is 0 Å². The van der Waals surface area contributed by atoms with Gasteiger partial charge < -0.3 is 19.7 Å². The topological polar surface area (TPSA) is 67.9 Å². The Morgan fingerprint density at radius 1 is 1.11 bits per heavy atom. The minimum Gasteiger partial charge on any atom is -0.457 e. The molecule has 1 N–H and O–H groups in total. The van der Waals surface area contributed by atoms with E-state index >= 15 is 4.39 Å². The Labute approximate surface area is 229 Å². The molecule has 1 aliphatic heterocycles. The van der Waals surface area contributed by atoms with Crippen LogP contribution < -0.4 is 15.0 Å². The summed E-state index contributed by atoms with van der Waals surface area (Å²) in [4.78, 5) is 27.6. The zero-order chi connectivity index (χ0) is 27.7. The number of nitrogens with zero attached hydrogens (tertiary/aromatic N) is 1. The molecular weight excluding hydrogens is 558 g/mol. The molecule has 2 amide bonds. The molecule has 0 saturated carbocycles. The molecule has 4 rings (SSSR count). The van der Waals surface area contributed by atoms with Gasteiger partial charge in [-0.1, -0.05) is 30.3 Å². The molecule has 2 unspecified atom stereocenters. The number of benzene rings is 3. The molecule has 1 aliphatic rings. The third-order valence-corrected chi connectivity index (χ3v) is 6.58. The predicted molar refractivity (Wildman–Crippen MR) is 144 cm³/mol. The summed E-state index contributed by atoms with van der Waals surface area (Å²) in [6.45, 7) is 6.39. The van der Waals surface area contributed by atoms with Gasteiger partial charge in [-0.05, 0) is 85.6 Å². The van der Waals surface area contributed by atoms with Crippen LogP contribution in [-0.2, 0) is 21.7 Å². The minimum absolute atomic E-state index is 0.0177. The number of anilines is 1. The van der Waals surface area contributed by atoms with Crippen molar-refractivity contribution >= 4 is 33.6 Å². The maximum atomic E-state index is 16.0. The summed E-state index contributed by atoms with van der Waals surface area (Å²) in [5.74, 6) is 0.0952. The summed E-state index contributed by atoms with van der Waals surface area (Å²) in [6.07, 6.45) is -1.23. The SMILES string of the molecule is CC(C)(C)OC(=O)NC1CC(C)(F)c2cc(F)c(Br)cc2N(Cc2ccc(Oc3ccccc3)cc2)C1=O. The lowest BCUT2D eigenvalue weighted by atomic mass is 9.91. The molecule has 0 fully saturated rings. The molecule has 200 valence electrons. The van der Waals surface area contributed by atoms with Crippen molar-refractivity contribution in [1.82, 2.24) is 5.32 Å². The number of ether oxygens (including phenoxy) is 2. The molecule has 6 nitrogen and oxygen atoms in total. The molecular formula is C29H29BrF2N2O4. The van der Waals surface area contributed by atoms with Crippen molar-refractivity contribution in [3.8, 4) is 11.5 Å². The van der Waals surface area contributed by atoms with Crippen molar-refractivity contribution in [2.75, 3.05) is 4.90 Å². The number of hydrogen-bond donors (Lipinski definition) is 1. The van der Waals surface area contributed by atoms with Crippen molar-refractivity contribution in [2.45, 2.75) is 58.0 Å². The van der Waals surface area contributed by atoms with E-state index in [4.69, 9.17) is 9.47 Å². The van der Waals surface area contributed by atoms with Gasteiger partial charge in [0, 0.05) is 12.0 Å². The molecule has 1 heterocycles. The van der Waals surface area contributed by atoms with Crippen LogP contribution in [0.2, 0.25) is 0 Å². The third-order valence-electron chi connectivity index (χ3n) is 5.98. The highest BCUT2D eigenvalue weighted by Crippen LogP contribution is 2.43. The van der Waals surface area contributed by atoms with Crippen LogP contribution in [0.4, 0.5) is 19.3 Å². The first-order valence-corrected chi connectivity index (χ1v) is 12.9. The summed E-state index contributed by atoms with van der Waals surface area (Å²) in [7, 11) is 0. The van der Waals surface area contributed by atoms with Crippen molar-refractivity contribution in [3.05, 3.63) is 88.1 Å². The number of hydrogen-bond acceptors (Lipinski definition) is 4. The van der Waals surface area contributed by atoms with E-state index in [0.717, 1.165) is 11.6 Å². The zero-order valence-corrected chi connectivity index (χ0v) is 23.1. The standard InChI is InChI=1S/C29H29BrF2N2O4/c1-28(2,3)38-27(36)33-24-16-29(4,32)21-14-23(31)22(30)15-25(21)34(26(24)35)17-18-10-12-20(13-11-18)37-19-8-6-5-7-9-19/h5-15,24H,16-17H2,1-4H3,(H,33,36). The number of amides is 2. The van der Waals surface area contributed by atoms with Gasteiger partial charge >= 0.3 is 6.09 Å². The number of alkyl halides is 1. The molecule has 3 aromatic rings. The highest BCUT2D eigenvalue weighted by atomic mass is 79.9. The Morgan fingerprint density at radius 3 is 2.37 bits per heavy atom. The highest BCUT2D eigenvalue weighted by Gasteiger charge is 2.43. The smallest absolute Gasteiger partial charge is 0.408 e. The van der Waals surface area contributed by atoms with Crippen LogP contribution in [0.3, 0.4) is 0 Å². The average molecular weight is 587 g/mol. The largest absolute Gasteiger partial charge is 0.457 e. The zero-order valence-electron chi connectivity index (χ0n) is 21.6. The van der Waals surface area contributed by atoms with Crippen LogP contribution in [-0.4, -0.2) is 23.6 Å². The van der Waals surface area contributed by atoms with E-state index in [2.05, 4.69) is 21.2 Å². The first-order valence-electron chi connectivity index (χ1n) is 12.1. The van der Waals surface area contributed by atoms with Crippen LogP contribution >= 0.6 is 15.9 Å². The van der Waals surface area contributed by atoms with E-state index in [0.29, 0.717) is 11.5 Å². The van der Waals surface area contributed by atoms with Crippen LogP contribution in [0.5, 0.6) is 11.5 Å². The Kier molecular flexibility index (Phi) is 7.78. The van der Waals surface area contributed by atoms with E-state index in [1.54, 1.807) is 45.0 Å². The molecule has 0 aliphatic carbocycles.